The SMILES string of the molecule is CC(C)C(O)CNCC1CCCc2ccccc21. The van der Waals surface area contributed by atoms with Crippen molar-refractivity contribution in [3.63, 3.8) is 0 Å². The normalized spacial score (nSPS) is 20.8. The molecule has 0 fully saturated rings. The Balaban J connectivity index is 1.88. The second kappa shape index (κ2) is 6.35. The lowest BCUT2D eigenvalue weighted by Crippen LogP contribution is -2.33. The lowest BCUT2D eigenvalue weighted by Gasteiger charge is -2.26. The Labute approximate surface area is 110 Å². The second-order valence-electron chi connectivity index (χ2n) is 5.76. The van der Waals surface area contributed by atoms with E-state index in [1.165, 1.54) is 30.4 Å². The largest absolute Gasteiger partial charge is 0.392 e. The molecule has 100 valence electrons. The Morgan fingerprint density at radius 1 is 1.33 bits per heavy atom. The van der Waals surface area contributed by atoms with Gasteiger partial charge in [-0.1, -0.05) is 38.1 Å². The maximum atomic E-state index is 9.79. The van der Waals surface area contributed by atoms with Gasteiger partial charge in [0, 0.05) is 13.1 Å². The first-order valence-corrected chi connectivity index (χ1v) is 7.15. The summed E-state index contributed by atoms with van der Waals surface area (Å²) in [5.41, 5.74) is 3.02. The molecule has 0 saturated carbocycles. The fourth-order valence-corrected chi connectivity index (χ4v) is 2.71. The molecule has 0 spiro atoms. The van der Waals surface area contributed by atoms with Gasteiger partial charge in [0.15, 0.2) is 0 Å². The summed E-state index contributed by atoms with van der Waals surface area (Å²) in [6.07, 6.45) is 3.54. The molecular weight excluding hydrogens is 222 g/mol. The molecule has 1 aliphatic carbocycles. The van der Waals surface area contributed by atoms with Gasteiger partial charge in [-0.15, -0.1) is 0 Å². The predicted octanol–water partition coefficient (Wildman–Crippen LogP) is 2.71. The van der Waals surface area contributed by atoms with E-state index in [1.807, 2.05) is 0 Å². The van der Waals surface area contributed by atoms with Crippen molar-refractivity contribution in [3.05, 3.63) is 35.4 Å². The van der Waals surface area contributed by atoms with E-state index in [0.717, 1.165) is 6.54 Å². The third-order valence-electron chi connectivity index (χ3n) is 4.01. The first kappa shape index (κ1) is 13.6. The van der Waals surface area contributed by atoms with Gasteiger partial charge >= 0.3 is 0 Å². The highest BCUT2D eigenvalue weighted by molar-refractivity contribution is 5.32. The van der Waals surface area contributed by atoms with Crippen LogP contribution in [0.1, 0.15) is 43.7 Å². The quantitative estimate of drug-likeness (QED) is 0.838. The molecule has 0 saturated heterocycles. The average Bonchev–Trinajstić information content (AvgIpc) is 2.38. The molecule has 0 aromatic heterocycles. The van der Waals surface area contributed by atoms with Crippen LogP contribution in [-0.2, 0) is 6.42 Å². The Hall–Kier alpha value is -0.860. The maximum absolute atomic E-state index is 9.79. The molecule has 1 aliphatic rings. The van der Waals surface area contributed by atoms with Crippen LogP contribution in [-0.4, -0.2) is 24.3 Å². The van der Waals surface area contributed by atoms with Crippen LogP contribution >= 0.6 is 0 Å². The number of aliphatic hydroxyl groups excluding tert-OH is 1. The number of aryl methyl sites for hydroxylation is 1. The van der Waals surface area contributed by atoms with Crippen molar-refractivity contribution < 1.29 is 5.11 Å². The summed E-state index contributed by atoms with van der Waals surface area (Å²) in [7, 11) is 0. The minimum atomic E-state index is -0.233. The van der Waals surface area contributed by atoms with Crippen LogP contribution in [0.3, 0.4) is 0 Å². The van der Waals surface area contributed by atoms with Gasteiger partial charge < -0.3 is 10.4 Å². The summed E-state index contributed by atoms with van der Waals surface area (Å²) < 4.78 is 0. The summed E-state index contributed by atoms with van der Waals surface area (Å²) in [5.74, 6) is 0.949. The van der Waals surface area contributed by atoms with Crippen LogP contribution in [0.5, 0.6) is 0 Å². The van der Waals surface area contributed by atoms with E-state index in [-0.39, 0.29) is 6.10 Å². The summed E-state index contributed by atoms with van der Waals surface area (Å²) >= 11 is 0. The molecule has 0 radical (unpaired) electrons. The number of rotatable bonds is 5. The third kappa shape index (κ3) is 3.33. The molecule has 2 rings (SSSR count). The number of hydrogen-bond donors (Lipinski definition) is 2. The topological polar surface area (TPSA) is 32.3 Å². The van der Waals surface area contributed by atoms with Gasteiger partial charge in [-0.25, -0.2) is 0 Å². The molecule has 0 heterocycles. The van der Waals surface area contributed by atoms with Crippen LogP contribution in [0.2, 0.25) is 0 Å². The fraction of sp³-hybridized carbons (Fsp3) is 0.625. The van der Waals surface area contributed by atoms with Gasteiger partial charge in [-0.2, -0.15) is 0 Å². The van der Waals surface area contributed by atoms with Crippen molar-refractivity contribution in [2.45, 2.75) is 45.1 Å². The van der Waals surface area contributed by atoms with Crippen LogP contribution in [0.4, 0.5) is 0 Å². The summed E-state index contributed by atoms with van der Waals surface area (Å²) in [6.45, 7) is 5.81. The molecule has 2 nitrogen and oxygen atoms in total. The highest BCUT2D eigenvalue weighted by Gasteiger charge is 2.19. The van der Waals surface area contributed by atoms with Gasteiger partial charge in [-0.3, -0.25) is 0 Å². The number of nitrogens with one attached hydrogen (secondary N) is 1. The summed E-state index contributed by atoms with van der Waals surface area (Å²) in [5, 5.41) is 13.2. The van der Waals surface area contributed by atoms with Crippen molar-refractivity contribution >= 4 is 0 Å². The van der Waals surface area contributed by atoms with E-state index in [9.17, 15) is 5.11 Å². The second-order valence-corrected chi connectivity index (χ2v) is 5.76. The minimum Gasteiger partial charge on any atom is -0.392 e. The van der Waals surface area contributed by atoms with Gasteiger partial charge in [0.05, 0.1) is 6.10 Å². The highest BCUT2D eigenvalue weighted by Crippen LogP contribution is 2.30. The smallest absolute Gasteiger partial charge is 0.0687 e. The Bertz CT molecular complexity index is 375. The standard InChI is InChI=1S/C16H25NO/c1-12(2)16(18)11-17-10-14-8-5-7-13-6-3-4-9-15(13)14/h3-4,6,9,12,14,16-18H,5,7-8,10-11H2,1-2H3. The number of fused-ring (bicyclic) bond motifs is 1. The molecule has 0 amide bonds. The molecule has 1 aromatic rings. The zero-order valence-corrected chi connectivity index (χ0v) is 11.5. The number of hydrogen-bond acceptors (Lipinski definition) is 2. The molecular formula is C16H25NO. The molecule has 2 atom stereocenters. The zero-order chi connectivity index (χ0) is 13.0. The van der Waals surface area contributed by atoms with Gasteiger partial charge in [-0.05, 0) is 42.2 Å². The Morgan fingerprint density at radius 2 is 2.11 bits per heavy atom. The zero-order valence-electron chi connectivity index (χ0n) is 11.5. The van der Waals surface area contributed by atoms with E-state index in [2.05, 4.69) is 43.4 Å². The molecule has 1 aromatic carbocycles. The molecule has 2 heteroatoms. The van der Waals surface area contributed by atoms with Crippen LogP contribution < -0.4 is 5.32 Å². The van der Waals surface area contributed by atoms with Crippen molar-refractivity contribution in [2.24, 2.45) is 5.92 Å². The molecule has 2 N–H and O–H groups in total. The summed E-state index contributed by atoms with van der Waals surface area (Å²) in [6, 6.07) is 8.79. The molecule has 0 aliphatic heterocycles. The fourth-order valence-electron chi connectivity index (χ4n) is 2.71. The van der Waals surface area contributed by atoms with E-state index in [1.54, 1.807) is 0 Å². The lowest BCUT2D eigenvalue weighted by molar-refractivity contribution is 0.123. The van der Waals surface area contributed by atoms with Crippen molar-refractivity contribution in [1.82, 2.24) is 5.32 Å². The van der Waals surface area contributed by atoms with Gasteiger partial charge in [0.1, 0.15) is 0 Å². The van der Waals surface area contributed by atoms with Crippen molar-refractivity contribution in [1.29, 1.82) is 0 Å². The molecule has 0 bridgehead atoms. The highest BCUT2D eigenvalue weighted by atomic mass is 16.3. The van der Waals surface area contributed by atoms with Crippen LogP contribution in [0.15, 0.2) is 24.3 Å². The van der Waals surface area contributed by atoms with E-state index < -0.39 is 0 Å². The number of benzene rings is 1. The maximum Gasteiger partial charge on any atom is 0.0687 e. The van der Waals surface area contributed by atoms with E-state index >= 15 is 0 Å². The van der Waals surface area contributed by atoms with Gasteiger partial charge in [0.25, 0.3) is 0 Å². The van der Waals surface area contributed by atoms with E-state index in [4.69, 9.17) is 0 Å². The van der Waals surface area contributed by atoms with Crippen molar-refractivity contribution in [3.8, 4) is 0 Å². The first-order valence-electron chi connectivity index (χ1n) is 7.15. The Morgan fingerprint density at radius 3 is 2.89 bits per heavy atom. The van der Waals surface area contributed by atoms with Crippen LogP contribution in [0, 0.1) is 5.92 Å². The monoisotopic (exact) mass is 247 g/mol. The first-order chi connectivity index (χ1) is 8.68. The molecule has 18 heavy (non-hydrogen) atoms. The average molecular weight is 247 g/mol. The van der Waals surface area contributed by atoms with Crippen molar-refractivity contribution in [2.75, 3.05) is 13.1 Å². The summed E-state index contributed by atoms with van der Waals surface area (Å²) in [4.78, 5) is 0. The van der Waals surface area contributed by atoms with Gasteiger partial charge in [0.2, 0.25) is 0 Å². The lowest BCUT2D eigenvalue weighted by atomic mass is 9.83. The minimum absolute atomic E-state index is 0.233. The molecule has 2 unspecified atom stereocenters. The number of aliphatic hydroxyl groups is 1. The Kier molecular flexibility index (Phi) is 4.79. The third-order valence-corrected chi connectivity index (χ3v) is 4.01. The van der Waals surface area contributed by atoms with E-state index in [0.29, 0.717) is 18.4 Å². The predicted molar refractivity (Wildman–Crippen MR) is 75.8 cm³/mol. The van der Waals surface area contributed by atoms with Crippen LogP contribution in [0.25, 0.3) is 0 Å².